The van der Waals surface area contributed by atoms with Crippen molar-refractivity contribution in [2.75, 3.05) is 23.4 Å². The van der Waals surface area contributed by atoms with E-state index in [4.69, 9.17) is 16.3 Å². The monoisotopic (exact) mass is 473 g/mol. The lowest BCUT2D eigenvalue weighted by Gasteiger charge is -2.22. The molecule has 1 atom stereocenters. The fourth-order valence-electron chi connectivity index (χ4n) is 3.27. The van der Waals surface area contributed by atoms with Gasteiger partial charge in [-0.15, -0.1) is 10.2 Å². The first-order chi connectivity index (χ1) is 15.5. The number of pyridine rings is 1. The van der Waals surface area contributed by atoms with Crippen LogP contribution < -0.4 is 10.6 Å². The lowest BCUT2D eigenvalue weighted by Crippen LogP contribution is -2.25. The van der Waals surface area contributed by atoms with Gasteiger partial charge in [0.1, 0.15) is 22.8 Å². The van der Waals surface area contributed by atoms with Crippen molar-refractivity contribution in [3.63, 3.8) is 0 Å². The van der Waals surface area contributed by atoms with Crippen molar-refractivity contribution >= 4 is 46.5 Å². The number of hydrogen-bond acceptors (Lipinski definition) is 8. The van der Waals surface area contributed by atoms with E-state index < -0.39 is 5.82 Å². The number of esters is 1. The number of nitrogens with zero attached hydrogens (tertiary/aromatic N) is 3. The van der Waals surface area contributed by atoms with Crippen molar-refractivity contribution in [3.8, 4) is 11.3 Å². The predicted molar refractivity (Wildman–Crippen MR) is 124 cm³/mol. The summed E-state index contributed by atoms with van der Waals surface area (Å²) in [6, 6.07) is 9.70. The molecule has 0 amide bonds. The summed E-state index contributed by atoms with van der Waals surface area (Å²) in [5.41, 5.74) is 2.04. The van der Waals surface area contributed by atoms with Crippen LogP contribution in [0.1, 0.15) is 19.3 Å². The Morgan fingerprint density at radius 3 is 2.94 bits per heavy atom. The lowest BCUT2D eigenvalue weighted by atomic mass is 10.1. The van der Waals surface area contributed by atoms with E-state index in [0.29, 0.717) is 39.4 Å². The second-order valence-electron chi connectivity index (χ2n) is 7.19. The summed E-state index contributed by atoms with van der Waals surface area (Å²) < 4.78 is 19.8. The number of carbonyl (C=O) groups excluding carboxylic acids is 1. The van der Waals surface area contributed by atoms with Crippen LogP contribution in [0.15, 0.2) is 47.6 Å². The van der Waals surface area contributed by atoms with Gasteiger partial charge in [0.05, 0.1) is 11.4 Å². The van der Waals surface area contributed by atoms with Crippen LogP contribution in [0.5, 0.6) is 0 Å². The number of ether oxygens (including phenoxy) is 1. The maximum atomic E-state index is 14.4. The highest BCUT2D eigenvalue weighted by Gasteiger charge is 2.22. The molecule has 7 nitrogen and oxygen atoms in total. The molecule has 1 saturated heterocycles. The predicted octanol–water partition coefficient (Wildman–Crippen LogP) is 5.30. The maximum Gasteiger partial charge on any atom is 0.306 e. The summed E-state index contributed by atoms with van der Waals surface area (Å²) in [6.45, 7) is 0. The highest BCUT2D eigenvalue weighted by Crippen LogP contribution is 2.34. The standard InChI is InChI=1S/C22H21ClFN5O2S/c1-25-20-10-14(7-8-26-20)27-19-11-18(16-9-13(23)5-6-17(16)24)28-29-22(19)32-12-15-3-2-4-21(30)31-15/h5-11,15H,2-4,12H2,1H3,(H2,25,26,27,28). The van der Waals surface area contributed by atoms with Gasteiger partial charge in [0.25, 0.3) is 0 Å². The zero-order valence-corrected chi connectivity index (χ0v) is 18.8. The average molecular weight is 474 g/mol. The van der Waals surface area contributed by atoms with Crippen molar-refractivity contribution in [1.82, 2.24) is 15.2 Å². The van der Waals surface area contributed by atoms with Crippen LogP contribution in [-0.2, 0) is 9.53 Å². The SMILES string of the molecule is CNc1cc(Nc2cc(-c3cc(Cl)ccc3F)nnc2SCC2CCCC(=O)O2)ccn1. The molecule has 3 heterocycles. The van der Waals surface area contributed by atoms with E-state index >= 15 is 0 Å². The van der Waals surface area contributed by atoms with Gasteiger partial charge in [-0.3, -0.25) is 4.79 Å². The molecule has 4 rings (SSSR count). The topological polar surface area (TPSA) is 89.0 Å². The van der Waals surface area contributed by atoms with Gasteiger partial charge in [-0.25, -0.2) is 9.37 Å². The van der Waals surface area contributed by atoms with E-state index in [9.17, 15) is 9.18 Å². The molecule has 1 fully saturated rings. The van der Waals surface area contributed by atoms with Crippen molar-refractivity contribution in [3.05, 3.63) is 53.4 Å². The number of halogens is 2. The van der Waals surface area contributed by atoms with Crippen LogP contribution in [0, 0.1) is 5.82 Å². The molecule has 1 aliphatic rings. The van der Waals surface area contributed by atoms with Gasteiger partial charge in [-0.1, -0.05) is 23.4 Å². The molecule has 0 spiro atoms. The van der Waals surface area contributed by atoms with Gasteiger partial charge in [0.2, 0.25) is 0 Å². The minimum Gasteiger partial charge on any atom is -0.461 e. The zero-order valence-electron chi connectivity index (χ0n) is 17.3. The highest BCUT2D eigenvalue weighted by atomic mass is 35.5. The number of carbonyl (C=O) groups is 1. The fourth-order valence-corrected chi connectivity index (χ4v) is 4.38. The van der Waals surface area contributed by atoms with E-state index in [0.717, 1.165) is 18.5 Å². The van der Waals surface area contributed by atoms with Crippen molar-refractivity contribution in [2.24, 2.45) is 0 Å². The molecule has 0 aliphatic carbocycles. The molecular formula is C22H21ClFN5O2S. The molecule has 0 radical (unpaired) electrons. The lowest BCUT2D eigenvalue weighted by molar-refractivity contribution is -0.152. The fraction of sp³-hybridized carbons (Fsp3) is 0.273. The molecule has 3 aromatic rings. The minimum atomic E-state index is -0.439. The Labute approximate surface area is 194 Å². The Morgan fingerprint density at radius 1 is 1.25 bits per heavy atom. The van der Waals surface area contributed by atoms with E-state index in [1.165, 1.54) is 30.0 Å². The van der Waals surface area contributed by atoms with E-state index in [1.807, 2.05) is 12.1 Å². The van der Waals surface area contributed by atoms with Gasteiger partial charge < -0.3 is 15.4 Å². The molecule has 1 aromatic carbocycles. The van der Waals surface area contributed by atoms with Crippen molar-refractivity contribution < 1.29 is 13.9 Å². The first kappa shape index (κ1) is 22.3. The smallest absolute Gasteiger partial charge is 0.306 e. The largest absolute Gasteiger partial charge is 0.461 e. The van der Waals surface area contributed by atoms with Crippen LogP contribution in [0.2, 0.25) is 5.02 Å². The zero-order chi connectivity index (χ0) is 22.5. The summed E-state index contributed by atoms with van der Waals surface area (Å²) in [6.07, 6.45) is 3.60. The molecule has 0 bridgehead atoms. The first-order valence-electron chi connectivity index (χ1n) is 10.1. The summed E-state index contributed by atoms with van der Waals surface area (Å²) in [4.78, 5) is 15.8. The summed E-state index contributed by atoms with van der Waals surface area (Å²) in [7, 11) is 1.78. The van der Waals surface area contributed by atoms with Gasteiger partial charge in [0.15, 0.2) is 0 Å². The van der Waals surface area contributed by atoms with Crippen LogP contribution in [0.4, 0.5) is 21.6 Å². The van der Waals surface area contributed by atoms with Crippen molar-refractivity contribution in [2.45, 2.75) is 30.4 Å². The van der Waals surface area contributed by atoms with Gasteiger partial charge in [-0.05, 0) is 43.2 Å². The third-order valence-electron chi connectivity index (χ3n) is 4.87. The number of cyclic esters (lactones) is 1. The first-order valence-corrected chi connectivity index (χ1v) is 11.4. The molecule has 0 saturated carbocycles. The Bertz CT molecular complexity index is 1130. The van der Waals surface area contributed by atoms with Crippen LogP contribution in [0.3, 0.4) is 0 Å². The number of rotatable bonds is 7. The van der Waals surface area contributed by atoms with Gasteiger partial charge in [-0.2, -0.15) is 0 Å². The Hall–Kier alpha value is -2.91. The normalized spacial score (nSPS) is 15.8. The molecule has 10 heteroatoms. The van der Waals surface area contributed by atoms with Gasteiger partial charge >= 0.3 is 5.97 Å². The molecule has 2 N–H and O–H groups in total. The third kappa shape index (κ3) is 5.46. The second kappa shape index (κ2) is 10.1. The Morgan fingerprint density at radius 2 is 2.12 bits per heavy atom. The summed E-state index contributed by atoms with van der Waals surface area (Å²) >= 11 is 7.49. The van der Waals surface area contributed by atoms with E-state index in [1.54, 1.807) is 19.3 Å². The Kier molecular flexibility index (Phi) is 7.06. The van der Waals surface area contributed by atoms with Crippen LogP contribution in [-0.4, -0.2) is 40.1 Å². The van der Waals surface area contributed by atoms with Gasteiger partial charge in [0, 0.05) is 47.8 Å². The van der Waals surface area contributed by atoms with E-state index in [-0.39, 0.29) is 17.6 Å². The van der Waals surface area contributed by atoms with Crippen molar-refractivity contribution in [1.29, 1.82) is 0 Å². The minimum absolute atomic E-state index is 0.169. The molecule has 1 aliphatic heterocycles. The third-order valence-corrected chi connectivity index (χ3v) is 6.22. The molecular weight excluding hydrogens is 453 g/mol. The molecule has 2 aromatic heterocycles. The van der Waals surface area contributed by atoms with E-state index in [2.05, 4.69) is 25.8 Å². The maximum absolute atomic E-state index is 14.4. The molecule has 166 valence electrons. The second-order valence-corrected chi connectivity index (χ2v) is 8.64. The van der Waals surface area contributed by atoms with Crippen LogP contribution >= 0.6 is 23.4 Å². The number of nitrogens with one attached hydrogen (secondary N) is 2. The average Bonchev–Trinajstić information content (AvgIpc) is 2.80. The number of hydrogen-bond donors (Lipinski definition) is 2. The molecule has 32 heavy (non-hydrogen) atoms. The molecule has 1 unspecified atom stereocenters. The highest BCUT2D eigenvalue weighted by molar-refractivity contribution is 7.99. The number of anilines is 3. The quantitative estimate of drug-likeness (QED) is 0.353. The number of thioether (sulfide) groups is 1. The summed E-state index contributed by atoms with van der Waals surface area (Å²) in [5, 5.41) is 15.9. The van der Waals surface area contributed by atoms with Crippen LogP contribution in [0.25, 0.3) is 11.3 Å². The summed E-state index contributed by atoms with van der Waals surface area (Å²) in [5.74, 6) is 0.638. The number of benzene rings is 1. The number of aromatic nitrogens is 3. The Balaban J connectivity index is 1.64.